The van der Waals surface area contributed by atoms with Gasteiger partial charge >= 0.3 is 6.03 Å². The number of urea groups is 1. The molecule has 0 atom stereocenters. The van der Waals surface area contributed by atoms with Gasteiger partial charge in [-0.2, -0.15) is 0 Å². The lowest BCUT2D eigenvalue weighted by Gasteiger charge is -2.27. The second-order valence-corrected chi connectivity index (χ2v) is 8.48. The summed E-state index contributed by atoms with van der Waals surface area (Å²) in [6.45, 7) is 5.57. The van der Waals surface area contributed by atoms with Crippen LogP contribution in [0.3, 0.4) is 0 Å². The first-order valence-electron chi connectivity index (χ1n) is 10.2. The molecule has 4 N–H and O–H groups in total. The van der Waals surface area contributed by atoms with E-state index in [9.17, 15) is 4.79 Å². The number of benzene rings is 2. The Bertz CT molecular complexity index is 1180. The maximum Gasteiger partial charge on any atom is 0.321 e. The molecule has 1 aliphatic rings. The fourth-order valence-electron chi connectivity index (χ4n) is 3.79. The second kappa shape index (κ2) is 8.43. The molecular weight excluding hydrogens is 396 g/mol. The van der Waals surface area contributed by atoms with Crippen molar-refractivity contribution >= 4 is 43.6 Å². The van der Waals surface area contributed by atoms with Gasteiger partial charge in [-0.15, -0.1) is 0 Å². The number of anilines is 1. The van der Waals surface area contributed by atoms with E-state index in [1.807, 2.05) is 12.3 Å². The van der Waals surface area contributed by atoms with Crippen molar-refractivity contribution in [1.82, 2.24) is 25.5 Å². The first-order valence-corrected chi connectivity index (χ1v) is 11.0. The van der Waals surface area contributed by atoms with Crippen LogP contribution in [0.25, 0.3) is 32.2 Å². The fraction of sp³-hybridized carbons (Fsp3) is 0.273. The molecule has 2 aromatic carbocycles. The van der Waals surface area contributed by atoms with Crippen LogP contribution >= 0.6 is 11.3 Å². The number of nitrogens with one attached hydrogen (secondary N) is 4. The molecule has 30 heavy (non-hydrogen) atoms. The van der Waals surface area contributed by atoms with Gasteiger partial charge in [0.05, 0.1) is 10.2 Å². The molecule has 0 saturated carbocycles. The third kappa shape index (κ3) is 4.16. The summed E-state index contributed by atoms with van der Waals surface area (Å²) >= 11 is 1.49. The molecule has 2 amide bonds. The van der Waals surface area contributed by atoms with Crippen LogP contribution in [-0.2, 0) is 0 Å². The average molecular weight is 421 g/mol. The summed E-state index contributed by atoms with van der Waals surface area (Å²) < 4.78 is 1.05. The van der Waals surface area contributed by atoms with Crippen LogP contribution in [0.15, 0.2) is 48.7 Å². The number of carbonyl (C=O) groups excluding carboxylic acids is 1. The molecule has 4 aromatic rings. The molecule has 0 unspecified atom stereocenters. The van der Waals surface area contributed by atoms with E-state index in [1.165, 1.54) is 16.7 Å². The van der Waals surface area contributed by atoms with Crippen molar-refractivity contribution in [3.63, 3.8) is 0 Å². The Balaban J connectivity index is 1.24. The second-order valence-electron chi connectivity index (χ2n) is 7.45. The van der Waals surface area contributed by atoms with Gasteiger partial charge in [-0.1, -0.05) is 23.5 Å². The van der Waals surface area contributed by atoms with E-state index in [-0.39, 0.29) is 6.03 Å². The zero-order valence-corrected chi connectivity index (χ0v) is 17.4. The van der Waals surface area contributed by atoms with Gasteiger partial charge in [0.2, 0.25) is 0 Å². The molecule has 1 saturated heterocycles. The molecule has 1 fully saturated rings. The number of H-pyrrole nitrogens is 1. The standard InChI is InChI=1S/C22H24N6OS/c29-21(25-9-12-28-10-7-23-8-11-28)27-22-26-19-4-2-16(14-20(19)30-22)15-1-3-18-17(13-15)5-6-24-18/h1-6,13-14,23-24H,7-12H2,(H2,25,26,27,29). The molecule has 7 nitrogen and oxygen atoms in total. The summed E-state index contributed by atoms with van der Waals surface area (Å²) in [6.07, 6.45) is 1.95. The van der Waals surface area contributed by atoms with Crippen molar-refractivity contribution in [2.24, 2.45) is 0 Å². The van der Waals surface area contributed by atoms with Crippen LogP contribution in [0.2, 0.25) is 0 Å². The molecule has 5 rings (SSSR count). The van der Waals surface area contributed by atoms with Crippen LogP contribution in [0, 0.1) is 0 Å². The summed E-state index contributed by atoms with van der Waals surface area (Å²) in [5.74, 6) is 0. The quantitative estimate of drug-likeness (QED) is 0.398. The normalized spacial score (nSPS) is 14.9. The molecule has 2 aromatic heterocycles. The molecule has 8 heteroatoms. The Labute approximate surface area is 178 Å². The molecule has 3 heterocycles. The van der Waals surface area contributed by atoms with Crippen LogP contribution in [0.4, 0.5) is 9.93 Å². The third-order valence-electron chi connectivity index (χ3n) is 5.42. The van der Waals surface area contributed by atoms with Crippen LogP contribution < -0.4 is 16.0 Å². The Morgan fingerprint density at radius 3 is 2.83 bits per heavy atom. The monoisotopic (exact) mass is 420 g/mol. The lowest BCUT2D eigenvalue weighted by atomic mass is 10.0. The largest absolute Gasteiger partial charge is 0.361 e. The van der Waals surface area contributed by atoms with Crippen molar-refractivity contribution in [3.05, 3.63) is 48.7 Å². The van der Waals surface area contributed by atoms with Crippen LogP contribution in [-0.4, -0.2) is 60.2 Å². The van der Waals surface area contributed by atoms with E-state index in [0.29, 0.717) is 11.7 Å². The maximum atomic E-state index is 12.2. The molecule has 154 valence electrons. The van der Waals surface area contributed by atoms with Crippen LogP contribution in [0.5, 0.6) is 0 Å². The Morgan fingerprint density at radius 2 is 1.93 bits per heavy atom. The average Bonchev–Trinajstić information content (AvgIpc) is 3.39. The highest BCUT2D eigenvalue weighted by atomic mass is 32.1. The van der Waals surface area contributed by atoms with E-state index in [2.05, 4.69) is 67.2 Å². The number of rotatable bonds is 5. The van der Waals surface area contributed by atoms with Crippen molar-refractivity contribution in [2.75, 3.05) is 44.6 Å². The van der Waals surface area contributed by atoms with Crippen LogP contribution in [0.1, 0.15) is 0 Å². The van der Waals surface area contributed by atoms with Crippen molar-refractivity contribution in [1.29, 1.82) is 0 Å². The molecule has 0 radical (unpaired) electrons. The van der Waals surface area contributed by atoms with Gasteiger partial charge in [0.15, 0.2) is 5.13 Å². The number of aromatic nitrogens is 2. The summed E-state index contributed by atoms with van der Waals surface area (Å²) in [5.41, 5.74) is 4.33. The highest BCUT2D eigenvalue weighted by Gasteiger charge is 2.11. The van der Waals surface area contributed by atoms with E-state index < -0.39 is 0 Å². The summed E-state index contributed by atoms with van der Waals surface area (Å²) in [5, 5.41) is 10.9. The summed E-state index contributed by atoms with van der Waals surface area (Å²) in [4.78, 5) is 22.3. The molecule has 0 spiro atoms. The van der Waals surface area contributed by atoms with E-state index in [4.69, 9.17) is 0 Å². The predicted molar refractivity (Wildman–Crippen MR) is 123 cm³/mol. The molecule has 0 aliphatic carbocycles. The number of piperazine rings is 1. The Morgan fingerprint density at radius 1 is 1.10 bits per heavy atom. The highest BCUT2D eigenvalue weighted by molar-refractivity contribution is 7.22. The Hall–Kier alpha value is -2.94. The van der Waals surface area contributed by atoms with Gasteiger partial charge in [-0.3, -0.25) is 10.2 Å². The third-order valence-corrected chi connectivity index (χ3v) is 6.35. The number of fused-ring (bicyclic) bond motifs is 2. The fourth-order valence-corrected chi connectivity index (χ4v) is 4.69. The first kappa shape index (κ1) is 19.0. The number of nitrogens with zero attached hydrogens (tertiary/aromatic N) is 2. The molecule has 1 aliphatic heterocycles. The van der Waals surface area contributed by atoms with E-state index in [0.717, 1.165) is 59.6 Å². The minimum absolute atomic E-state index is 0.206. The number of carbonyl (C=O) groups is 1. The van der Waals surface area contributed by atoms with Gasteiger partial charge in [0.25, 0.3) is 0 Å². The van der Waals surface area contributed by atoms with Crippen molar-refractivity contribution < 1.29 is 4.79 Å². The minimum atomic E-state index is -0.206. The van der Waals surface area contributed by atoms with Crippen molar-refractivity contribution in [2.45, 2.75) is 0 Å². The number of thiazole rings is 1. The summed E-state index contributed by atoms with van der Waals surface area (Å²) in [6, 6.07) is 14.5. The van der Waals surface area contributed by atoms with Gasteiger partial charge in [-0.05, 0) is 46.8 Å². The molecule has 0 bridgehead atoms. The van der Waals surface area contributed by atoms with Gasteiger partial charge < -0.3 is 15.6 Å². The predicted octanol–water partition coefficient (Wildman–Crippen LogP) is 3.47. The lowest BCUT2D eigenvalue weighted by Crippen LogP contribution is -2.46. The van der Waals surface area contributed by atoms with Gasteiger partial charge in [0, 0.05) is 51.0 Å². The zero-order chi connectivity index (χ0) is 20.3. The SMILES string of the molecule is O=C(NCCN1CCNCC1)Nc1nc2ccc(-c3ccc4[nH]ccc4c3)cc2s1. The van der Waals surface area contributed by atoms with E-state index >= 15 is 0 Å². The lowest BCUT2D eigenvalue weighted by molar-refractivity contribution is 0.233. The number of hydrogen-bond acceptors (Lipinski definition) is 5. The summed E-state index contributed by atoms with van der Waals surface area (Å²) in [7, 11) is 0. The topological polar surface area (TPSA) is 85.1 Å². The minimum Gasteiger partial charge on any atom is -0.361 e. The number of amides is 2. The zero-order valence-electron chi connectivity index (χ0n) is 16.6. The molecular formula is C22H24N6OS. The smallest absolute Gasteiger partial charge is 0.321 e. The van der Waals surface area contributed by atoms with Gasteiger partial charge in [0.1, 0.15) is 0 Å². The number of hydrogen-bond donors (Lipinski definition) is 4. The maximum absolute atomic E-state index is 12.2. The highest BCUT2D eigenvalue weighted by Crippen LogP contribution is 2.31. The Kier molecular flexibility index (Phi) is 5.35. The number of aromatic amines is 1. The van der Waals surface area contributed by atoms with Gasteiger partial charge in [-0.25, -0.2) is 9.78 Å². The first-order chi connectivity index (χ1) is 14.7. The van der Waals surface area contributed by atoms with E-state index in [1.54, 1.807) is 0 Å². The van der Waals surface area contributed by atoms with Crippen molar-refractivity contribution in [3.8, 4) is 11.1 Å².